The predicted molar refractivity (Wildman–Crippen MR) is 138 cm³/mol. The molecule has 2 aromatic rings. The number of nitrogens with zero attached hydrogens (tertiary/aromatic N) is 5. The van der Waals surface area contributed by atoms with Crippen LogP contribution in [0.1, 0.15) is 89.6 Å². The zero-order chi connectivity index (χ0) is 26.6. The van der Waals surface area contributed by atoms with Crippen LogP contribution in [-0.4, -0.2) is 67.7 Å². The van der Waals surface area contributed by atoms with Crippen molar-refractivity contribution >= 4 is 11.8 Å². The number of aromatic nitrogens is 5. The number of hydrogen-bond donors (Lipinski definition) is 2. The van der Waals surface area contributed by atoms with Crippen LogP contribution in [0.4, 0.5) is 0 Å². The summed E-state index contributed by atoms with van der Waals surface area (Å²) in [6.45, 7) is 7.93. The van der Waals surface area contributed by atoms with E-state index in [1.165, 1.54) is 11.2 Å². The van der Waals surface area contributed by atoms with Gasteiger partial charge in [-0.3, -0.25) is 14.3 Å². The van der Waals surface area contributed by atoms with Crippen LogP contribution in [0.3, 0.4) is 0 Å². The van der Waals surface area contributed by atoms with E-state index >= 15 is 0 Å². The van der Waals surface area contributed by atoms with E-state index in [-0.39, 0.29) is 24.6 Å². The zero-order valence-corrected chi connectivity index (χ0v) is 22.7. The SMILES string of the molecule is CCCCC(=O)N(C)C(C(=O)NCc1cn(CCCOC2CCCC(CC(C)C)O2)nn1)c1cnc[nH]1. The van der Waals surface area contributed by atoms with Crippen LogP contribution in [0.25, 0.3) is 0 Å². The lowest BCUT2D eigenvalue weighted by Crippen LogP contribution is -2.41. The van der Waals surface area contributed by atoms with Gasteiger partial charge in [-0.1, -0.05) is 32.4 Å². The monoisotopic (exact) mass is 517 g/mol. The van der Waals surface area contributed by atoms with Gasteiger partial charge < -0.3 is 24.7 Å². The molecule has 3 unspecified atom stereocenters. The Morgan fingerprint density at radius 3 is 2.89 bits per heavy atom. The van der Waals surface area contributed by atoms with Gasteiger partial charge in [-0.2, -0.15) is 0 Å². The van der Waals surface area contributed by atoms with E-state index in [9.17, 15) is 9.59 Å². The molecule has 3 rings (SSSR count). The average molecular weight is 518 g/mol. The first kappa shape index (κ1) is 28.8. The second-order valence-electron chi connectivity index (χ2n) is 10.2. The van der Waals surface area contributed by atoms with Gasteiger partial charge in [-0.05, 0) is 44.4 Å². The molecule has 1 aliphatic heterocycles. The van der Waals surface area contributed by atoms with Crippen LogP contribution in [0, 0.1) is 5.92 Å². The number of amides is 2. The molecule has 0 bridgehead atoms. The van der Waals surface area contributed by atoms with E-state index < -0.39 is 6.04 Å². The summed E-state index contributed by atoms with van der Waals surface area (Å²) in [4.78, 5) is 34.1. The Hall–Kier alpha value is -2.79. The largest absolute Gasteiger partial charge is 0.353 e. The Morgan fingerprint density at radius 2 is 2.16 bits per heavy atom. The number of ether oxygens (including phenoxy) is 2. The molecule has 0 saturated carbocycles. The normalized spacial score (nSPS) is 18.6. The van der Waals surface area contributed by atoms with Gasteiger partial charge in [0.25, 0.3) is 0 Å². The number of hydrogen-bond acceptors (Lipinski definition) is 7. The van der Waals surface area contributed by atoms with Crippen LogP contribution in [0.15, 0.2) is 18.7 Å². The summed E-state index contributed by atoms with van der Waals surface area (Å²) in [6, 6.07) is -0.791. The van der Waals surface area contributed by atoms with Gasteiger partial charge >= 0.3 is 0 Å². The van der Waals surface area contributed by atoms with E-state index in [2.05, 4.69) is 39.4 Å². The van der Waals surface area contributed by atoms with Crippen LogP contribution in [-0.2, 0) is 32.2 Å². The molecule has 2 amide bonds. The molecule has 0 spiro atoms. The van der Waals surface area contributed by atoms with E-state index in [1.54, 1.807) is 17.9 Å². The molecule has 206 valence electrons. The van der Waals surface area contributed by atoms with Crippen molar-refractivity contribution in [2.75, 3.05) is 13.7 Å². The van der Waals surface area contributed by atoms with E-state index in [0.717, 1.165) is 44.9 Å². The van der Waals surface area contributed by atoms with Gasteiger partial charge in [0.05, 0.1) is 43.7 Å². The number of unbranched alkanes of at least 4 members (excludes halogenated alkanes) is 1. The maximum atomic E-state index is 13.0. The van der Waals surface area contributed by atoms with E-state index in [0.29, 0.717) is 43.0 Å². The molecule has 37 heavy (non-hydrogen) atoms. The number of aryl methyl sites for hydroxylation is 1. The maximum Gasteiger partial charge on any atom is 0.249 e. The van der Waals surface area contributed by atoms with Gasteiger partial charge in [0, 0.05) is 20.0 Å². The summed E-state index contributed by atoms with van der Waals surface area (Å²) in [5.74, 6) is 0.238. The van der Waals surface area contributed by atoms with Crippen molar-refractivity contribution in [1.29, 1.82) is 0 Å². The average Bonchev–Trinajstić information content (AvgIpc) is 3.56. The highest BCUT2D eigenvalue weighted by molar-refractivity contribution is 5.88. The van der Waals surface area contributed by atoms with Crippen molar-refractivity contribution in [3.05, 3.63) is 30.1 Å². The Labute approximate surface area is 219 Å². The molecule has 11 nitrogen and oxygen atoms in total. The van der Waals surface area contributed by atoms with Gasteiger partial charge in [0.2, 0.25) is 11.8 Å². The highest BCUT2D eigenvalue weighted by atomic mass is 16.7. The molecule has 1 fully saturated rings. The minimum absolute atomic E-state index is 0.0844. The lowest BCUT2D eigenvalue weighted by Gasteiger charge is -2.30. The van der Waals surface area contributed by atoms with Gasteiger partial charge in [-0.25, -0.2) is 4.98 Å². The Balaban J connectivity index is 1.43. The number of likely N-dealkylation sites (N-methyl/N-ethyl adjacent to an activating group) is 1. The van der Waals surface area contributed by atoms with Crippen molar-refractivity contribution < 1.29 is 19.1 Å². The number of aromatic amines is 1. The zero-order valence-electron chi connectivity index (χ0n) is 22.7. The fraction of sp³-hybridized carbons (Fsp3) is 0.731. The van der Waals surface area contributed by atoms with E-state index in [1.807, 2.05) is 13.1 Å². The highest BCUT2D eigenvalue weighted by Gasteiger charge is 2.29. The molecule has 1 aliphatic rings. The first-order valence-electron chi connectivity index (χ1n) is 13.5. The molecule has 3 heterocycles. The van der Waals surface area contributed by atoms with Gasteiger partial charge in [0.15, 0.2) is 12.3 Å². The van der Waals surface area contributed by atoms with Gasteiger partial charge in [-0.15, -0.1) is 5.10 Å². The van der Waals surface area contributed by atoms with Crippen LogP contribution >= 0.6 is 0 Å². The summed E-state index contributed by atoms with van der Waals surface area (Å²) in [5.41, 5.74) is 1.20. The second-order valence-corrected chi connectivity index (χ2v) is 10.2. The Morgan fingerprint density at radius 1 is 1.32 bits per heavy atom. The van der Waals surface area contributed by atoms with Gasteiger partial charge in [0.1, 0.15) is 5.69 Å². The standard InChI is InChI=1S/C26H43N7O4/c1-5-6-10-23(34)32(4)25(22-16-27-18-29-22)26(35)28-15-20-17-33(31-30-20)12-8-13-36-24-11-7-9-21(37-24)14-19(2)3/h16-19,21,24-25H,5-15H2,1-4H3,(H,27,29)(H,28,35). The fourth-order valence-electron chi connectivity index (χ4n) is 4.52. The third kappa shape index (κ3) is 9.23. The van der Waals surface area contributed by atoms with Crippen molar-refractivity contribution in [1.82, 2.24) is 35.2 Å². The maximum absolute atomic E-state index is 13.0. The molecular formula is C26H43N7O4. The second kappa shape index (κ2) is 14.8. The van der Waals surface area contributed by atoms with Crippen LogP contribution in [0.5, 0.6) is 0 Å². The number of imidazole rings is 1. The summed E-state index contributed by atoms with van der Waals surface area (Å²) >= 11 is 0. The summed E-state index contributed by atoms with van der Waals surface area (Å²) in [7, 11) is 1.64. The molecule has 2 aromatic heterocycles. The van der Waals surface area contributed by atoms with Crippen LogP contribution < -0.4 is 5.32 Å². The first-order valence-corrected chi connectivity index (χ1v) is 13.5. The number of H-pyrrole nitrogens is 1. The van der Waals surface area contributed by atoms with Crippen LogP contribution in [0.2, 0.25) is 0 Å². The fourth-order valence-corrected chi connectivity index (χ4v) is 4.52. The number of nitrogens with one attached hydrogen (secondary N) is 2. The molecule has 0 aromatic carbocycles. The molecule has 11 heteroatoms. The summed E-state index contributed by atoms with van der Waals surface area (Å²) in [6.07, 6.45) is 12.2. The molecule has 0 radical (unpaired) electrons. The molecule has 1 saturated heterocycles. The Kier molecular flexibility index (Phi) is 11.5. The summed E-state index contributed by atoms with van der Waals surface area (Å²) < 4.78 is 13.8. The predicted octanol–water partition coefficient (Wildman–Crippen LogP) is 3.36. The number of carbonyl (C=O) groups is 2. The highest BCUT2D eigenvalue weighted by Crippen LogP contribution is 2.24. The summed E-state index contributed by atoms with van der Waals surface area (Å²) in [5, 5.41) is 11.2. The minimum Gasteiger partial charge on any atom is -0.353 e. The lowest BCUT2D eigenvalue weighted by atomic mass is 9.99. The van der Waals surface area contributed by atoms with Crippen molar-refractivity contribution in [3.8, 4) is 0 Å². The Bertz CT molecular complexity index is 947. The van der Waals surface area contributed by atoms with Crippen molar-refractivity contribution in [2.45, 2.75) is 104 Å². The topological polar surface area (TPSA) is 127 Å². The molecule has 0 aliphatic carbocycles. The van der Waals surface area contributed by atoms with Crippen molar-refractivity contribution in [3.63, 3.8) is 0 Å². The third-order valence-corrected chi connectivity index (χ3v) is 6.50. The molecule has 2 N–H and O–H groups in total. The number of rotatable bonds is 15. The number of carbonyl (C=O) groups excluding carboxylic acids is 2. The first-order chi connectivity index (χ1) is 17.9. The smallest absolute Gasteiger partial charge is 0.249 e. The minimum atomic E-state index is -0.791. The molecule has 3 atom stereocenters. The third-order valence-electron chi connectivity index (χ3n) is 6.50. The lowest BCUT2D eigenvalue weighted by molar-refractivity contribution is -0.197. The quantitative estimate of drug-likeness (QED) is 0.347. The van der Waals surface area contributed by atoms with Crippen molar-refractivity contribution in [2.24, 2.45) is 5.92 Å². The molecular weight excluding hydrogens is 474 g/mol. The van der Waals surface area contributed by atoms with E-state index in [4.69, 9.17) is 9.47 Å².